The Bertz CT molecular complexity index is 2740. The third-order valence-electron chi connectivity index (χ3n) is 12.5. The molecule has 20 heteroatoms. The van der Waals surface area contributed by atoms with Crippen molar-refractivity contribution in [2.45, 2.75) is 31.5 Å². The number of hydrogen-bond donors (Lipinski definition) is 4. The maximum atomic E-state index is 15.7. The Morgan fingerprint density at radius 1 is 0.815 bits per heavy atom. The standard InChI is InChI=1S/C45H47F3N10O6S/c46-30-13-14-58(26-30)65(63,64)53-37-10-9-36(47)41(42(37)48)43(61)35-25-50-44-34(35)23-29(24-49-44)28-1-5-32(6-2-28)56-19-21-57(22-20-56)40(60)27-54-15-17-55(18-16-54)33-7-3-31(4-8-33)51-38-11-12-39(59)52-45(38)62/h1-10,23-25,30,38,51,53H,11-22,26-27H2,(H,49,50)(H,52,59,62)/t30-,38?/m1/s1. The smallest absolute Gasteiger partial charge is 0.301 e. The Kier molecular flexibility index (Phi) is 12.2. The van der Waals surface area contributed by atoms with Gasteiger partial charge in [-0.25, -0.2) is 18.2 Å². The van der Waals surface area contributed by atoms with Crippen LogP contribution in [0, 0.1) is 11.6 Å². The fraction of sp³-hybridized carbons (Fsp3) is 0.356. The predicted molar refractivity (Wildman–Crippen MR) is 239 cm³/mol. The lowest BCUT2D eigenvalue weighted by Crippen LogP contribution is -2.54. The number of piperazine rings is 2. The minimum absolute atomic E-state index is 0.00300. The highest BCUT2D eigenvalue weighted by Gasteiger charge is 2.34. The van der Waals surface area contributed by atoms with Crippen LogP contribution < -0.4 is 25.2 Å². The topological polar surface area (TPSA) is 183 Å². The van der Waals surface area contributed by atoms with Gasteiger partial charge in [0.15, 0.2) is 5.82 Å². The van der Waals surface area contributed by atoms with E-state index in [9.17, 15) is 32.0 Å². The summed E-state index contributed by atoms with van der Waals surface area (Å²) in [5.74, 6) is -4.05. The number of alkyl halides is 1. The fourth-order valence-electron chi connectivity index (χ4n) is 8.77. The number of halogens is 3. The minimum atomic E-state index is -4.36. The van der Waals surface area contributed by atoms with Gasteiger partial charge in [0.25, 0.3) is 0 Å². The zero-order valence-electron chi connectivity index (χ0n) is 35.2. The molecule has 2 atom stereocenters. The molecule has 3 aromatic carbocycles. The van der Waals surface area contributed by atoms with E-state index in [0.717, 1.165) is 65.2 Å². The minimum Gasteiger partial charge on any atom is -0.374 e. The van der Waals surface area contributed by atoms with E-state index in [4.69, 9.17) is 0 Å². The molecule has 340 valence electrons. The molecule has 0 bridgehead atoms. The molecule has 5 aromatic rings. The molecule has 4 aliphatic rings. The quantitative estimate of drug-likeness (QED) is 0.104. The van der Waals surface area contributed by atoms with Crippen molar-refractivity contribution in [3.63, 3.8) is 0 Å². The molecule has 9 rings (SSSR count). The number of pyridine rings is 1. The summed E-state index contributed by atoms with van der Waals surface area (Å²) < 4.78 is 73.0. The summed E-state index contributed by atoms with van der Waals surface area (Å²) in [6.07, 6.45) is 2.33. The highest BCUT2D eigenvalue weighted by Crippen LogP contribution is 2.32. The lowest BCUT2D eigenvalue weighted by molar-refractivity contribution is -0.134. The predicted octanol–water partition coefficient (Wildman–Crippen LogP) is 4.13. The first kappa shape index (κ1) is 43.7. The molecule has 6 heterocycles. The average molecular weight is 913 g/mol. The van der Waals surface area contributed by atoms with Gasteiger partial charge in [0.2, 0.25) is 23.5 Å². The number of imide groups is 1. The Morgan fingerprint density at radius 3 is 2.15 bits per heavy atom. The second kappa shape index (κ2) is 18.2. The molecule has 0 aliphatic carbocycles. The zero-order valence-corrected chi connectivity index (χ0v) is 36.1. The van der Waals surface area contributed by atoms with Crippen molar-refractivity contribution >= 4 is 67.5 Å². The van der Waals surface area contributed by atoms with E-state index >= 15 is 8.78 Å². The second-order valence-corrected chi connectivity index (χ2v) is 18.3. The number of nitrogens with zero attached hydrogens (tertiary/aromatic N) is 6. The van der Waals surface area contributed by atoms with Crippen LogP contribution in [0.4, 0.5) is 35.9 Å². The highest BCUT2D eigenvalue weighted by molar-refractivity contribution is 7.90. The Hall–Kier alpha value is -6.51. The lowest BCUT2D eigenvalue weighted by atomic mass is 9.99. The van der Waals surface area contributed by atoms with Gasteiger partial charge in [0.05, 0.1) is 17.8 Å². The van der Waals surface area contributed by atoms with Gasteiger partial charge in [-0.05, 0) is 73.0 Å². The van der Waals surface area contributed by atoms with Crippen LogP contribution in [0.3, 0.4) is 0 Å². The molecule has 4 aliphatic heterocycles. The van der Waals surface area contributed by atoms with Crippen molar-refractivity contribution in [2.24, 2.45) is 0 Å². The van der Waals surface area contributed by atoms with Gasteiger partial charge < -0.3 is 25.0 Å². The van der Waals surface area contributed by atoms with Crippen molar-refractivity contribution in [1.82, 2.24) is 29.4 Å². The lowest BCUT2D eigenvalue weighted by Gasteiger charge is -2.39. The maximum absolute atomic E-state index is 15.7. The Balaban J connectivity index is 0.772. The molecule has 0 radical (unpaired) electrons. The van der Waals surface area contributed by atoms with Gasteiger partial charge in [-0.3, -0.25) is 34.1 Å². The summed E-state index contributed by atoms with van der Waals surface area (Å²) >= 11 is 0. The summed E-state index contributed by atoms with van der Waals surface area (Å²) in [5.41, 5.74) is 2.92. The summed E-state index contributed by atoms with van der Waals surface area (Å²) in [6.45, 7) is 5.38. The van der Waals surface area contributed by atoms with E-state index in [1.54, 1.807) is 12.3 Å². The van der Waals surface area contributed by atoms with Crippen molar-refractivity contribution in [1.29, 1.82) is 0 Å². The van der Waals surface area contributed by atoms with E-state index in [-0.39, 0.29) is 36.3 Å². The number of amides is 3. The number of piperidine rings is 1. The number of fused-ring (bicyclic) bond motifs is 1. The monoisotopic (exact) mass is 912 g/mol. The van der Waals surface area contributed by atoms with Gasteiger partial charge >= 0.3 is 10.2 Å². The molecule has 2 aromatic heterocycles. The third kappa shape index (κ3) is 9.36. The van der Waals surface area contributed by atoms with Crippen molar-refractivity contribution in [2.75, 3.05) is 91.8 Å². The zero-order chi connectivity index (χ0) is 45.4. The molecular weight excluding hydrogens is 866 g/mol. The average Bonchev–Trinajstić information content (AvgIpc) is 3.96. The molecule has 4 saturated heterocycles. The Labute approximate surface area is 372 Å². The van der Waals surface area contributed by atoms with E-state index in [0.29, 0.717) is 62.2 Å². The van der Waals surface area contributed by atoms with Crippen molar-refractivity contribution in [3.8, 4) is 11.1 Å². The van der Waals surface area contributed by atoms with Gasteiger partial charge in [-0.2, -0.15) is 12.7 Å². The third-order valence-corrected chi connectivity index (χ3v) is 14.0. The first-order valence-electron chi connectivity index (χ1n) is 21.5. The van der Waals surface area contributed by atoms with Crippen LogP contribution in [0.25, 0.3) is 22.2 Å². The number of benzene rings is 3. The summed E-state index contributed by atoms with van der Waals surface area (Å²) in [7, 11) is -4.36. The molecule has 65 heavy (non-hydrogen) atoms. The van der Waals surface area contributed by atoms with E-state index < -0.39 is 57.6 Å². The first-order chi connectivity index (χ1) is 31.3. The molecule has 0 saturated carbocycles. The summed E-state index contributed by atoms with van der Waals surface area (Å²) in [5, 5.41) is 5.88. The molecule has 1 unspecified atom stereocenters. The van der Waals surface area contributed by atoms with E-state index in [2.05, 4.69) is 35.3 Å². The SMILES string of the molecule is O=C1CCC(Nc2ccc(N3CCN(CC(=O)N4CCN(c5ccc(-c6cnc7[nH]cc(C(=O)c8c(F)ccc(NS(=O)(=O)N9CC[C@@H](F)C9)c8F)c7c6)cc5)CC4)CC3)cc2)C(=O)N1. The van der Waals surface area contributed by atoms with Crippen molar-refractivity contribution < 1.29 is 40.8 Å². The van der Waals surface area contributed by atoms with Crippen LogP contribution in [-0.2, 0) is 24.6 Å². The molecule has 0 spiro atoms. The number of H-pyrrole nitrogens is 1. The van der Waals surface area contributed by atoms with Gasteiger partial charge in [0.1, 0.15) is 23.7 Å². The molecule has 3 amide bonds. The van der Waals surface area contributed by atoms with Gasteiger partial charge in [-0.15, -0.1) is 0 Å². The largest absolute Gasteiger partial charge is 0.374 e. The summed E-state index contributed by atoms with van der Waals surface area (Å²) in [6, 6.07) is 18.6. The van der Waals surface area contributed by atoms with Crippen LogP contribution >= 0.6 is 0 Å². The molecule has 4 N–H and O–H groups in total. The van der Waals surface area contributed by atoms with E-state index in [1.807, 2.05) is 58.2 Å². The number of ketones is 1. The van der Waals surface area contributed by atoms with Crippen LogP contribution in [0.15, 0.2) is 79.1 Å². The van der Waals surface area contributed by atoms with Crippen LogP contribution in [-0.4, -0.2) is 140 Å². The highest BCUT2D eigenvalue weighted by atomic mass is 32.2. The van der Waals surface area contributed by atoms with Crippen LogP contribution in [0.5, 0.6) is 0 Å². The number of carbonyl (C=O) groups is 4. The summed E-state index contributed by atoms with van der Waals surface area (Å²) in [4.78, 5) is 66.6. The van der Waals surface area contributed by atoms with Crippen molar-refractivity contribution in [3.05, 3.63) is 102 Å². The number of nitrogens with one attached hydrogen (secondary N) is 4. The van der Waals surface area contributed by atoms with Crippen LogP contribution in [0.2, 0.25) is 0 Å². The number of anilines is 4. The maximum Gasteiger partial charge on any atom is 0.301 e. The van der Waals surface area contributed by atoms with E-state index in [1.165, 1.54) is 6.20 Å². The number of aromatic nitrogens is 2. The number of aromatic amines is 1. The number of hydrogen-bond acceptors (Lipinski definition) is 11. The van der Waals surface area contributed by atoms with Gasteiger partial charge in [0, 0.05) is 118 Å². The fourth-order valence-corrected chi connectivity index (χ4v) is 10.0. The number of rotatable bonds is 12. The molecule has 16 nitrogen and oxygen atoms in total. The number of carbonyl (C=O) groups excluding carboxylic acids is 4. The van der Waals surface area contributed by atoms with Gasteiger partial charge in [-0.1, -0.05) is 12.1 Å². The first-order valence-corrected chi connectivity index (χ1v) is 23.0. The molecular formula is C45H47F3N10O6S. The second-order valence-electron chi connectivity index (χ2n) is 16.7. The molecule has 4 fully saturated rings. The Morgan fingerprint density at radius 2 is 1.49 bits per heavy atom. The van der Waals surface area contributed by atoms with Crippen LogP contribution in [0.1, 0.15) is 35.2 Å². The normalized spacial score (nSPS) is 20.0.